The van der Waals surface area contributed by atoms with Gasteiger partial charge >= 0.3 is 0 Å². The van der Waals surface area contributed by atoms with Gasteiger partial charge in [0.2, 0.25) is 5.91 Å². The van der Waals surface area contributed by atoms with Crippen molar-refractivity contribution in [2.45, 2.75) is 38.8 Å². The highest BCUT2D eigenvalue weighted by molar-refractivity contribution is 7.99. The van der Waals surface area contributed by atoms with E-state index in [1.54, 1.807) is 6.92 Å². The van der Waals surface area contributed by atoms with Crippen LogP contribution in [0.2, 0.25) is 0 Å². The lowest BCUT2D eigenvalue weighted by atomic mass is 10.2. The summed E-state index contributed by atoms with van der Waals surface area (Å²) in [5.74, 6) is 2.28. The maximum absolute atomic E-state index is 11.7. The van der Waals surface area contributed by atoms with Gasteiger partial charge in [0.25, 0.3) is 0 Å². The Kier molecular flexibility index (Phi) is 4.75. The normalized spacial score (nSPS) is 24.8. The summed E-state index contributed by atoms with van der Waals surface area (Å²) in [4.78, 5) is 13.7. The Morgan fingerprint density at radius 2 is 2.43 bits per heavy atom. The van der Waals surface area contributed by atoms with Gasteiger partial charge in [-0.05, 0) is 20.3 Å². The maximum atomic E-state index is 11.7. The van der Waals surface area contributed by atoms with Crippen molar-refractivity contribution in [3.8, 4) is 0 Å². The third-order valence-corrected chi connectivity index (χ3v) is 3.65. The van der Waals surface area contributed by atoms with Crippen LogP contribution in [0.5, 0.6) is 0 Å². The quantitative estimate of drug-likeness (QED) is 0.770. The van der Waals surface area contributed by atoms with Gasteiger partial charge in [-0.3, -0.25) is 4.79 Å². The smallest absolute Gasteiger partial charge is 0.222 e. The zero-order valence-electron chi connectivity index (χ0n) is 8.90. The molecule has 1 rings (SSSR count). The van der Waals surface area contributed by atoms with Crippen molar-refractivity contribution in [2.75, 3.05) is 18.1 Å². The zero-order chi connectivity index (χ0) is 10.6. The van der Waals surface area contributed by atoms with Crippen molar-refractivity contribution in [3.63, 3.8) is 0 Å². The summed E-state index contributed by atoms with van der Waals surface area (Å²) < 4.78 is 0. The molecule has 3 nitrogen and oxygen atoms in total. The van der Waals surface area contributed by atoms with Gasteiger partial charge in [-0.15, -0.1) is 0 Å². The Hall–Kier alpha value is -0.220. The summed E-state index contributed by atoms with van der Waals surface area (Å²) >= 11 is 1.91. The van der Waals surface area contributed by atoms with Crippen LogP contribution in [0, 0.1) is 0 Å². The van der Waals surface area contributed by atoms with Crippen LogP contribution in [0.1, 0.15) is 26.7 Å². The zero-order valence-corrected chi connectivity index (χ0v) is 9.72. The van der Waals surface area contributed by atoms with Crippen molar-refractivity contribution < 1.29 is 9.90 Å². The molecule has 2 atom stereocenters. The number of hydrogen-bond donors (Lipinski definition) is 1. The van der Waals surface area contributed by atoms with E-state index in [1.807, 2.05) is 16.7 Å². The van der Waals surface area contributed by atoms with Crippen LogP contribution in [0.3, 0.4) is 0 Å². The second-order valence-electron chi connectivity index (χ2n) is 3.90. The molecule has 0 bridgehead atoms. The van der Waals surface area contributed by atoms with E-state index in [-0.39, 0.29) is 12.0 Å². The lowest BCUT2D eigenvalue weighted by molar-refractivity contribution is -0.133. The van der Waals surface area contributed by atoms with Crippen LogP contribution >= 0.6 is 11.8 Å². The molecule has 1 aliphatic heterocycles. The molecule has 0 radical (unpaired) electrons. The number of rotatable bonds is 3. The molecule has 1 amide bonds. The molecule has 0 spiro atoms. The number of nitrogens with zero attached hydrogens (tertiary/aromatic N) is 1. The van der Waals surface area contributed by atoms with Crippen molar-refractivity contribution >= 4 is 17.7 Å². The van der Waals surface area contributed by atoms with Crippen LogP contribution in [0.25, 0.3) is 0 Å². The third kappa shape index (κ3) is 3.50. The summed E-state index contributed by atoms with van der Waals surface area (Å²) in [6, 6.07) is 0.357. The van der Waals surface area contributed by atoms with Gasteiger partial charge in [-0.1, -0.05) is 0 Å². The minimum Gasteiger partial charge on any atom is -0.393 e. The van der Waals surface area contributed by atoms with Crippen molar-refractivity contribution in [3.05, 3.63) is 0 Å². The summed E-state index contributed by atoms with van der Waals surface area (Å²) in [5, 5.41) is 9.09. The predicted molar refractivity (Wildman–Crippen MR) is 59.4 cm³/mol. The Bertz CT molecular complexity index is 197. The van der Waals surface area contributed by atoms with Gasteiger partial charge < -0.3 is 10.0 Å². The summed E-state index contributed by atoms with van der Waals surface area (Å²) in [6.07, 6.45) is 0.690. The Morgan fingerprint density at radius 1 is 1.71 bits per heavy atom. The maximum Gasteiger partial charge on any atom is 0.222 e. The van der Waals surface area contributed by atoms with E-state index in [0.717, 1.165) is 18.1 Å². The minimum atomic E-state index is -0.367. The second-order valence-corrected chi connectivity index (χ2v) is 5.05. The molecule has 82 valence electrons. The number of hydrogen-bond acceptors (Lipinski definition) is 3. The van der Waals surface area contributed by atoms with Crippen LogP contribution in [0.15, 0.2) is 0 Å². The molecule has 14 heavy (non-hydrogen) atoms. The largest absolute Gasteiger partial charge is 0.393 e. The minimum absolute atomic E-state index is 0.193. The van der Waals surface area contributed by atoms with E-state index in [1.165, 1.54) is 0 Å². The molecule has 4 heteroatoms. The SMILES string of the molecule is CC(O)CCC(=O)N1CCSCC1C. The molecule has 1 fully saturated rings. The number of carbonyl (C=O) groups excluding carboxylic acids is 1. The molecular weight excluding hydrogens is 198 g/mol. The monoisotopic (exact) mass is 217 g/mol. The molecular formula is C10H19NO2S. The first-order valence-corrected chi connectivity index (χ1v) is 6.32. The highest BCUT2D eigenvalue weighted by Gasteiger charge is 2.22. The lowest BCUT2D eigenvalue weighted by Crippen LogP contribution is -2.44. The van der Waals surface area contributed by atoms with Gasteiger partial charge in [0.15, 0.2) is 0 Å². The molecule has 1 heterocycles. The summed E-state index contributed by atoms with van der Waals surface area (Å²) in [6.45, 7) is 4.68. The van der Waals surface area contributed by atoms with Crippen LogP contribution in [-0.4, -0.2) is 46.1 Å². The first-order valence-electron chi connectivity index (χ1n) is 5.16. The highest BCUT2D eigenvalue weighted by atomic mass is 32.2. The number of aliphatic hydroxyl groups excluding tert-OH is 1. The fourth-order valence-electron chi connectivity index (χ4n) is 1.57. The van der Waals surface area contributed by atoms with E-state index in [4.69, 9.17) is 5.11 Å². The van der Waals surface area contributed by atoms with E-state index < -0.39 is 0 Å². The Labute approximate surface area is 89.9 Å². The van der Waals surface area contributed by atoms with Crippen LogP contribution in [-0.2, 0) is 4.79 Å². The van der Waals surface area contributed by atoms with E-state index in [2.05, 4.69) is 6.92 Å². The van der Waals surface area contributed by atoms with Gasteiger partial charge in [0.05, 0.1) is 6.10 Å². The van der Waals surface area contributed by atoms with E-state index >= 15 is 0 Å². The fraction of sp³-hybridized carbons (Fsp3) is 0.900. The van der Waals surface area contributed by atoms with Crippen molar-refractivity contribution in [1.29, 1.82) is 0 Å². The molecule has 2 unspecified atom stereocenters. The first-order chi connectivity index (χ1) is 6.61. The molecule has 1 aliphatic rings. The summed E-state index contributed by atoms with van der Waals surface area (Å²) in [7, 11) is 0. The average Bonchev–Trinajstić information content (AvgIpc) is 2.15. The average molecular weight is 217 g/mol. The molecule has 1 saturated heterocycles. The van der Waals surface area contributed by atoms with Crippen molar-refractivity contribution in [2.24, 2.45) is 0 Å². The number of amides is 1. The second kappa shape index (κ2) is 5.61. The van der Waals surface area contributed by atoms with Crippen LogP contribution < -0.4 is 0 Å². The molecule has 0 saturated carbocycles. The molecule has 0 aromatic rings. The highest BCUT2D eigenvalue weighted by Crippen LogP contribution is 2.17. The van der Waals surface area contributed by atoms with E-state index in [9.17, 15) is 4.79 Å². The molecule has 0 aliphatic carbocycles. The number of thioether (sulfide) groups is 1. The van der Waals surface area contributed by atoms with E-state index in [0.29, 0.717) is 18.9 Å². The number of aliphatic hydroxyl groups is 1. The molecule has 1 N–H and O–H groups in total. The fourth-order valence-corrected chi connectivity index (χ4v) is 2.59. The molecule has 0 aromatic heterocycles. The lowest BCUT2D eigenvalue weighted by Gasteiger charge is -2.33. The molecule has 0 aromatic carbocycles. The number of carbonyl (C=O) groups is 1. The summed E-state index contributed by atoms with van der Waals surface area (Å²) in [5.41, 5.74) is 0. The first kappa shape index (κ1) is 11.9. The van der Waals surface area contributed by atoms with Gasteiger partial charge in [-0.25, -0.2) is 0 Å². The van der Waals surface area contributed by atoms with Crippen LogP contribution in [0.4, 0.5) is 0 Å². The topological polar surface area (TPSA) is 40.5 Å². The van der Waals surface area contributed by atoms with Gasteiger partial charge in [0, 0.05) is 30.5 Å². The Balaban J connectivity index is 2.34. The van der Waals surface area contributed by atoms with Gasteiger partial charge in [-0.2, -0.15) is 11.8 Å². The standard InChI is InChI=1S/C10H19NO2S/c1-8-7-14-6-5-11(8)10(13)4-3-9(2)12/h8-9,12H,3-7H2,1-2H3. The van der Waals surface area contributed by atoms with Crippen molar-refractivity contribution in [1.82, 2.24) is 4.90 Å². The third-order valence-electron chi connectivity index (χ3n) is 2.46. The Morgan fingerprint density at radius 3 is 3.00 bits per heavy atom. The predicted octanol–water partition coefficient (Wildman–Crippen LogP) is 1.11. The van der Waals surface area contributed by atoms with Gasteiger partial charge in [0.1, 0.15) is 0 Å².